The Hall–Kier alpha value is 0.310. The summed E-state index contributed by atoms with van der Waals surface area (Å²) in [5.74, 6) is 2.57. The van der Waals surface area contributed by atoms with Gasteiger partial charge < -0.3 is 4.74 Å². The van der Waals surface area contributed by atoms with Crippen LogP contribution in [0.1, 0.15) is 19.8 Å². The van der Waals surface area contributed by atoms with Gasteiger partial charge in [0.15, 0.2) is 0 Å². The van der Waals surface area contributed by atoms with Gasteiger partial charge in [-0.25, -0.2) is 0 Å². The molecule has 2 heteroatoms. The van der Waals surface area contributed by atoms with Crippen LogP contribution in [0, 0.1) is 0 Å². The van der Waals surface area contributed by atoms with Crippen molar-refractivity contribution in [2.24, 2.45) is 0 Å². The Kier molecular flexibility index (Phi) is 3.44. The quantitative estimate of drug-likeness (QED) is 0.434. The van der Waals surface area contributed by atoms with E-state index >= 15 is 0 Å². The van der Waals surface area contributed by atoms with E-state index in [-0.39, 0.29) is 0 Å². The average Bonchev–Trinajstić information content (AvgIpc) is 2.63. The van der Waals surface area contributed by atoms with Crippen molar-refractivity contribution in [1.29, 1.82) is 0 Å². The van der Waals surface area contributed by atoms with Crippen molar-refractivity contribution in [3.8, 4) is 0 Å². The second-order valence-corrected chi connectivity index (χ2v) is 3.69. The zero-order chi connectivity index (χ0) is 6.53. The van der Waals surface area contributed by atoms with Gasteiger partial charge >= 0.3 is 0 Å². The molecule has 1 aliphatic heterocycles. The minimum absolute atomic E-state index is 0.641. The maximum Gasteiger partial charge on any atom is 0.0810 e. The second kappa shape index (κ2) is 4.18. The van der Waals surface area contributed by atoms with Gasteiger partial charge in [-0.1, -0.05) is 6.92 Å². The van der Waals surface area contributed by atoms with E-state index in [1.807, 2.05) is 11.8 Å². The first-order chi connectivity index (χ1) is 4.43. The minimum atomic E-state index is 0.641. The molecule has 0 bridgehead atoms. The molecule has 9 heavy (non-hydrogen) atoms. The summed E-state index contributed by atoms with van der Waals surface area (Å²) in [6.45, 7) is 3.23. The fourth-order valence-electron chi connectivity index (χ4n) is 0.792. The molecule has 0 spiro atoms. The Morgan fingerprint density at radius 1 is 1.67 bits per heavy atom. The Labute approximate surface area is 61.2 Å². The maximum absolute atomic E-state index is 5.08. The van der Waals surface area contributed by atoms with E-state index in [0.717, 1.165) is 6.61 Å². The van der Waals surface area contributed by atoms with Gasteiger partial charge in [-0.15, -0.1) is 0 Å². The first kappa shape index (κ1) is 7.42. The maximum atomic E-state index is 5.08. The molecule has 0 aliphatic carbocycles. The summed E-state index contributed by atoms with van der Waals surface area (Å²) >= 11 is 2.02. The van der Waals surface area contributed by atoms with E-state index in [1.165, 1.54) is 24.3 Å². The van der Waals surface area contributed by atoms with E-state index in [0.29, 0.717) is 6.10 Å². The molecule has 1 fully saturated rings. The van der Waals surface area contributed by atoms with Crippen molar-refractivity contribution >= 4 is 11.8 Å². The lowest BCUT2D eigenvalue weighted by molar-refractivity contribution is 0.395. The van der Waals surface area contributed by atoms with Crippen LogP contribution in [0.5, 0.6) is 0 Å². The highest BCUT2D eigenvalue weighted by molar-refractivity contribution is 7.99. The molecule has 0 N–H and O–H groups in total. The third-order valence-electron chi connectivity index (χ3n) is 1.42. The van der Waals surface area contributed by atoms with E-state index in [1.54, 1.807) is 0 Å². The SMILES string of the molecule is CCSCCCC1CO1. The molecule has 1 saturated heterocycles. The Balaban J connectivity index is 1.71. The van der Waals surface area contributed by atoms with E-state index in [2.05, 4.69) is 6.92 Å². The van der Waals surface area contributed by atoms with Gasteiger partial charge in [0.05, 0.1) is 12.7 Å². The highest BCUT2D eigenvalue weighted by atomic mass is 32.2. The fraction of sp³-hybridized carbons (Fsp3) is 1.00. The molecule has 54 valence electrons. The number of hydrogen-bond donors (Lipinski definition) is 0. The van der Waals surface area contributed by atoms with Crippen LogP contribution in [0.2, 0.25) is 0 Å². The zero-order valence-corrected chi connectivity index (χ0v) is 6.75. The van der Waals surface area contributed by atoms with Crippen molar-refractivity contribution in [3.63, 3.8) is 0 Å². The molecule has 1 atom stereocenters. The molecule has 1 nitrogen and oxygen atoms in total. The Morgan fingerprint density at radius 3 is 3.00 bits per heavy atom. The van der Waals surface area contributed by atoms with Gasteiger partial charge in [0.1, 0.15) is 0 Å². The molecule has 1 heterocycles. The van der Waals surface area contributed by atoms with E-state index in [9.17, 15) is 0 Å². The summed E-state index contributed by atoms with van der Waals surface area (Å²) in [6.07, 6.45) is 3.26. The van der Waals surface area contributed by atoms with E-state index < -0.39 is 0 Å². The molecule has 1 rings (SSSR count). The predicted octanol–water partition coefficient (Wildman–Crippen LogP) is 1.92. The van der Waals surface area contributed by atoms with Gasteiger partial charge in [0, 0.05) is 0 Å². The van der Waals surface area contributed by atoms with Crippen LogP contribution in [0.15, 0.2) is 0 Å². The highest BCUT2D eigenvalue weighted by Crippen LogP contribution is 2.16. The topological polar surface area (TPSA) is 12.5 Å². The number of hydrogen-bond acceptors (Lipinski definition) is 2. The summed E-state index contributed by atoms with van der Waals surface area (Å²) in [4.78, 5) is 0. The summed E-state index contributed by atoms with van der Waals surface area (Å²) in [7, 11) is 0. The molecule has 0 aromatic rings. The summed E-state index contributed by atoms with van der Waals surface area (Å²) in [6, 6.07) is 0. The molecule has 0 saturated carbocycles. The van der Waals surface area contributed by atoms with Gasteiger partial charge in [-0.05, 0) is 24.3 Å². The summed E-state index contributed by atoms with van der Waals surface area (Å²) < 4.78 is 5.08. The highest BCUT2D eigenvalue weighted by Gasteiger charge is 2.20. The zero-order valence-electron chi connectivity index (χ0n) is 5.93. The van der Waals surface area contributed by atoms with Crippen LogP contribution < -0.4 is 0 Å². The Morgan fingerprint density at radius 2 is 2.44 bits per heavy atom. The molecule has 0 amide bonds. The van der Waals surface area contributed by atoms with E-state index in [4.69, 9.17) is 4.74 Å². The predicted molar refractivity (Wildman–Crippen MR) is 42.0 cm³/mol. The summed E-state index contributed by atoms with van der Waals surface area (Å²) in [5.41, 5.74) is 0. The molecular formula is C7H14OS. The first-order valence-electron chi connectivity index (χ1n) is 3.63. The van der Waals surface area contributed by atoms with Gasteiger partial charge in [-0.3, -0.25) is 0 Å². The van der Waals surface area contributed by atoms with Crippen molar-refractivity contribution in [1.82, 2.24) is 0 Å². The van der Waals surface area contributed by atoms with Crippen LogP contribution in [0.25, 0.3) is 0 Å². The minimum Gasteiger partial charge on any atom is -0.373 e. The fourth-order valence-corrected chi connectivity index (χ4v) is 1.45. The summed E-state index contributed by atoms with van der Waals surface area (Å²) in [5, 5.41) is 0. The van der Waals surface area contributed by atoms with Gasteiger partial charge in [-0.2, -0.15) is 11.8 Å². The Bertz CT molecular complexity index is 71.3. The van der Waals surface area contributed by atoms with Crippen LogP contribution in [0.4, 0.5) is 0 Å². The average molecular weight is 146 g/mol. The third-order valence-corrected chi connectivity index (χ3v) is 2.41. The second-order valence-electron chi connectivity index (χ2n) is 2.29. The molecule has 0 aromatic carbocycles. The van der Waals surface area contributed by atoms with Gasteiger partial charge in [0.2, 0.25) is 0 Å². The molecule has 0 aromatic heterocycles. The normalized spacial score (nSPS) is 24.3. The lowest BCUT2D eigenvalue weighted by Crippen LogP contribution is -1.87. The first-order valence-corrected chi connectivity index (χ1v) is 4.78. The number of thioether (sulfide) groups is 1. The third kappa shape index (κ3) is 3.82. The number of epoxide rings is 1. The van der Waals surface area contributed by atoms with Crippen LogP contribution in [0.3, 0.4) is 0 Å². The smallest absolute Gasteiger partial charge is 0.0810 e. The molecular weight excluding hydrogens is 132 g/mol. The van der Waals surface area contributed by atoms with Crippen molar-refractivity contribution < 1.29 is 4.74 Å². The molecule has 1 aliphatic rings. The standard InChI is InChI=1S/C7H14OS/c1-2-9-5-3-4-7-6-8-7/h7H,2-6H2,1H3. The van der Waals surface area contributed by atoms with Crippen molar-refractivity contribution in [2.75, 3.05) is 18.1 Å². The van der Waals surface area contributed by atoms with Crippen molar-refractivity contribution in [3.05, 3.63) is 0 Å². The largest absolute Gasteiger partial charge is 0.373 e. The molecule has 1 unspecified atom stereocenters. The van der Waals surface area contributed by atoms with Crippen LogP contribution in [-0.4, -0.2) is 24.2 Å². The van der Waals surface area contributed by atoms with Crippen LogP contribution in [-0.2, 0) is 4.74 Å². The molecule has 0 radical (unpaired) electrons. The lowest BCUT2D eigenvalue weighted by Gasteiger charge is -1.94. The lowest BCUT2D eigenvalue weighted by atomic mass is 10.3. The van der Waals surface area contributed by atoms with Gasteiger partial charge in [0.25, 0.3) is 0 Å². The van der Waals surface area contributed by atoms with Crippen LogP contribution >= 0.6 is 11.8 Å². The number of ether oxygens (including phenoxy) is 1. The number of rotatable bonds is 5. The van der Waals surface area contributed by atoms with Crippen molar-refractivity contribution in [2.45, 2.75) is 25.9 Å². The monoisotopic (exact) mass is 146 g/mol.